The number of hydrogen-bond donors (Lipinski definition) is 0. The molecule has 3 aromatic heterocycles. The van der Waals surface area contributed by atoms with Gasteiger partial charge in [0.15, 0.2) is 0 Å². The highest BCUT2D eigenvalue weighted by Gasteiger charge is 2.30. The fraction of sp³-hybridized carbons (Fsp3) is 0.280. The van der Waals surface area contributed by atoms with Gasteiger partial charge in [0.25, 0.3) is 5.82 Å². The summed E-state index contributed by atoms with van der Waals surface area (Å²) in [6.07, 6.45) is 5.08. The first kappa shape index (κ1) is 21.9. The van der Waals surface area contributed by atoms with E-state index in [4.69, 9.17) is 5.26 Å². The number of aryl methyl sites for hydroxylation is 2. The van der Waals surface area contributed by atoms with Gasteiger partial charge in [0.2, 0.25) is 0 Å². The van der Waals surface area contributed by atoms with Gasteiger partial charge in [-0.25, -0.2) is 9.78 Å². The van der Waals surface area contributed by atoms with Crippen LogP contribution in [0.1, 0.15) is 23.0 Å². The number of rotatable bonds is 3. The molecule has 2 aromatic carbocycles. The average Bonchev–Trinajstić information content (AvgIpc) is 3.63. The third kappa shape index (κ3) is 3.68. The number of nitriles is 1. The van der Waals surface area contributed by atoms with Crippen LogP contribution in [0.3, 0.4) is 0 Å². The Balaban J connectivity index is 1.32. The van der Waals surface area contributed by atoms with Crippen LogP contribution in [-0.2, 0) is 14.1 Å². The van der Waals surface area contributed by atoms with E-state index in [0.717, 1.165) is 26.5 Å². The topological polar surface area (TPSA) is 114 Å². The Morgan fingerprint density at radius 2 is 1.50 bits per heavy atom. The molecular formula is C25H24N10O. The second kappa shape index (κ2) is 8.58. The lowest BCUT2D eigenvalue weighted by atomic mass is 9.94. The van der Waals surface area contributed by atoms with Gasteiger partial charge < -0.3 is 4.90 Å². The summed E-state index contributed by atoms with van der Waals surface area (Å²) >= 11 is 0. The van der Waals surface area contributed by atoms with Crippen molar-refractivity contribution in [2.45, 2.75) is 6.04 Å². The summed E-state index contributed by atoms with van der Waals surface area (Å²) < 4.78 is 4.89. The number of benzene rings is 2. The Kier molecular flexibility index (Phi) is 5.23. The van der Waals surface area contributed by atoms with E-state index in [1.54, 1.807) is 4.90 Å². The fourth-order valence-corrected chi connectivity index (χ4v) is 5.04. The van der Waals surface area contributed by atoms with Gasteiger partial charge in [-0.05, 0) is 35.4 Å². The maximum atomic E-state index is 12.9. The first-order valence-electron chi connectivity index (χ1n) is 11.7. The predicted octanol–water partition coefficient (Wildman–Crippen LogP) is 2.30. The molecule has 0 unspecified atom stereocenters. The van der Waals surface area contributed by atoms with Crippen LogP contribution in [-0.4, -0.2) is 76.3 Å². The third-order valence-electron chi connectivity index (χ3n) is 6.91. The zero-order valence-corrected chi connectivity index (χ0v) is 20.0. The van der Waals surface area contributed by atoms with E-state index in [0.29, 0.717) is 26.2 Å². The number of carbonyl (C=O) groups excluding carboxylic acids is 1. The predicted molar refractivity (Wildman–Crippen MR) is 132 cm³/mol. The van der Waals surface area contributed by atoms with Crippen molar-refractivity contribution in [2.75, 3.05) is 26.2 Å². The van der Waals surface area contributed by atoms with Gasteiger partial charge in [-0.3, -0.25) is 14.3 Å². The van der Waals surface area contributed by atoms with E-state index in [2.05, 4.69) is 61.6 Å². The molecule has 4 heterocycles. The Morgan fingerprint density at radius 3 is 2.03 bits per heavy atom. The Hall–Kier alpha value is -4.56. The Bertz CT molecular complexity index is 1550. The highest BCUT2D eigenvalue weighted by molar-refractivity contribution is 5.81. The van der Waals surface area contributed by atoms with Crippen molar-refractivity contribution in [3.63, 3.8) is 0 Å². The normalized spacial score (nSPS) is 14.7. The molecule has 11 heteroatoms. The Labute approximate surface area is 206 Å². The maximum Gasteiger partial charge on any atom is 0.346 e. The number of amides is 1. The molecule has 0 saturated carbocycles. The van der Waals surface area contributed by atoms with Crippen LogP contribution >= 0.6 is 0 Å². The monoisotopic (exact) mass is 480 g/mol. The van der Waals surface area contributed by atoms with E-state index in [1.807, 2.05) is 41.9 Å². The lowest BCUT2D eigenvalue weighted by Crippen LogP contribution is -2.51. The number of aromatic nitrogens is 7. The van der Waals surface area contributed by atoms with Gasteiger partial charge in [0, 0.05) is 51.0 Å². The number of piperazine rings is 1. The SMILES string of the molecule is Cn1ncc2cc(C(c3ccc4c(cnn4C)c3)N3CCN(C(=O)n4cnc(C#N)n4)CC3)ccc21. The molecule has 36 heavy (non-hydrogen) atoms. The quantitative estimate of drug-likeness (QED) is 0.389. The van der Waals surface area contributed by atoms with Crippen molar-refractivity contribution in [2.24, 2.45) is 14.1 Å². The molecule has 5 aromatic rings. The van der Waals surface area contributed by atoms with Crippen molar-refractivity contribution in [3.05, 3.63) is 72.1 Å². The standard InChI is InChI=1S/C25H24N10O/c1-31-21-5-3-17(11-19(21)14-28-31)24(18-4-6-22-20(12-18)15-29-32(22)2)33-7-9-34(10-8-33)25(36)35-16-27-23(13-26)30-35/h3-6,11-12,14-16,24H,7-10H2,1-2H3. The minimum absolute atomic E-state index is 0.00743. The largest absolute Gasteiger partial charge is 0.346 e. The van der Waals surface area contributed by atoms with E-state index >= 15 is 0 Å². The Morgan fingerprint density at radius 1 is 0.917 bits per heavy atom. The molecule has 6 rings (SSSR count). The fourth-order valence-electron chi connectivity index (χ4n) is 5.04. The lowest BCUT2D eigenvalue weighted by molar-refractivity contribution is 0.119. The molecule has 11 nitrogen and oxygen atoms in total. The van der Waals surface area contributed by atoms with E-state index in [9.17, 15) is 4.79 Å². The van der Waals surface area contributed by atoms with Crippen molar-refractivity contribution < 1.29 is 4.79 Å². The maximum absolute atomic E-state index is 12.9. The summed E-state index contributed by atoms with van der Waals surface area (Å²) in [5.74, 6) is -0.0152. The highest BCUT2D eigenvalue weighted by atomic mass is 16.2. The van der Waals surface area contributed by atoms with Crippen molar-refractivity contribution >= 4 is 27.8 Å². The molecule has 1 saturated heterocycles. The summed E-state index contributed by atoms with van der Waals surface area (Å²) in [6.45, 7) is 2.46. The molecule has 0 atom stereocenters. The van der Waals surface area contributed by atoms with Crippen LogP contribution in [0.25, 0.3) is 21.8 Å². The van der Waals surface area contributed by atoms with Gasteiger partial charge in [0.05, 0.1) is 29.5 Å². The van der Waals surface area contributed by atoms with Crippen LogP contribution in [0.4, 0.5) is 4.79 Å². The van der Waals surface area contributed by atoms with Gasteiger partial charge in [-0.2, -0.15) is 20.1 Å². The molecular weight excluding hydrogens is 456 g/mol. The molecule has 0 aliphatic carbocycles. The van der Waals surface area contributed by atoms with Crippen LogP contribution in [0.2, 0.25) is 0 Å². The number of nitrogens with zero attached hydrogens (tertiary/aromatic N) is 10. The molecule has 0 radical (unpaired) electrons. The van der Waals surface area contributed by atoms with Gasteiger partial charge >= 0.3 is 6.03 Å². The van der Waals surface area contributed by atoms with Crippen molar-refractivity contribution in [3.8, 4) is 6.07 Å². The molecule has 1 amide bonds. The third-order valence-corrected chi connectivity index (χ3v) is 6.91. The molecule has 1 aliphatic rings. The van der Waals surface area contributed by atoms with Crippen molar-refractivity contribution in [1.29, 1.82) is 5.26 Å². The molecule has 180 valence electrons. The first-order chi connectivity index (χ1) is 17.5. The first-order valence-corrected chi connectivity index (χ1v) is 11.7. The second-order valence-corrected chi connectivity index (χ2v) is 9.01. The summed E-state index contributed by atoms with van der Waals surface area (Å²) in [5, 5.41) is 23.9. The van der Waals surface area contributed by atoms with Gasteiger partial charge in [-0.1, -0.05) is 12.1 Å². The molecule has 0 spiro atoms. The molecule has 0 N–H and O–H groups in total. The number of carbonyl (C=O) groups is 1. The second-order valence-electron chi connectivity index (χ2n) is 9.01. The van der Waals surface area contributed by atoms with E-state index in [-0.39, 0.29) is 17.9 Å². The summed E-state index contributed by atoms with van der Waals surface area (Å²) in [4.78, 5) is 20.9. The minimum atomic E-state index is -0.270. The van der Waals surface area contributed by atoms with E-state index in [1.165, 1.54) is 17.5 Å². The highest BCUT2D eigenvalue weighted by Crippen LogP contribution is 2.33. The van der Waals surface area contributed by atoms with Gasteiger partial charge in [0.1, 0.15) is 12.4 Å². The zero-order chi connectivity index (χ0) is 24.8. The van der Waals surface area contributed by atoms with Crippen LogP contribution in [0.15, 0.2) is 55.1 Å². The summed E-state index contributed by atoms with van der Waals surface area (Å²) in [6, 6.07) is 14.6. The van der Waals surface area contributed by atoms with Gasteiger partial charge in [-0.15, -0.1) is 5.10 Å². The minimum Gasteiger partial charge on any atom is -0.320 e. The number of hydrogen-bond acceptors (Lipinski definition) is 7. The van der Waals surface area contributed by atoms with Crippen LogP contribution in [0.5, 0.6) is 0 Å². The molecule has 0 bridgehead atoms. The van der Waals surface area contributed by atoms with Crippen LogP contribution < -0.4 is 0 Å². The summed E-state index contributed by atoms with van der Waals surface area (Å²) in [5.41, 5.74) is 4.52. The smallest absolute Gasteiger partial charge is 0.320 e. The average molecular weight is 481 g/mol. The van der Waals surface area contributed by atoms with E-state index < -0.39 is 0 Å². The summed E-state index contributed by atoms with van der Waals surface area (Å²) in [7, 11) is 3.89. The number of fused-ring (bicyclic) bond motifs is 2. The zero-order valence-electron chi connectivity index (χ0n) is 20.0. The molecule has 1 aliphatic heterocycles. The van der Waals surface area contributed by atoms with Crippen molar-refractivity contribution in [1.82, 2.24) is 44.1 Å². The lowest BCUT2D eigenvalue weighted by Gasteiger charge is -2.39. The molecule has 1 fully saturated rings. The van der Waals surface area contributed by atoms with Crippen LogP contribution in [0, 0.1) is 11.3 Å².